The highest BCUT2D eigenvalue weighted by Crippen LogP contribution is 2.32. The van der Waals surface area contributed by atoms with Crippen LogP contribution in [-0.2, 0) is 6.54 Å². The Labute approximate surface area is 199 Å². The van der Waals surface area contributed by atoms with Crippen molar-refractivity contribution in [2.24, 2.45) is 0 Å². The molecule has 5 rings (SSSR count). The molecule has 3 aromatic carbocycles. The number of benzene rings is 3. The normalized spacial score (nSPS) is 15.9. The number of carbonyl (C=O) groups excluding carboxylic acids is 1. The van der Waals surface area contributed by atoms with E-state index < -0.39 is 0 Å². The molecule has 0 unspecified atom stereocenters. The van der Waals surface area contributed by atoms with Crippen molar-refractivity contribution in [3.05, 3.63) is 102 Å². The lowest BCUT2D eigenvalue weighted by Gasteiger charge is -2.17. The number of amides is 1. The van der Waals surface area contributed by atoms with E-state index in [-0.39, 0.29) is 11.9 Å². The summed E-state index contributed by atoms with van der Waals surface area (Å²) in [6, 6.07) is 28.0. The molecule has 0 saturated carbocycles. The summed E-state index contributed by atoms with van der Waals surface area (Å²) in [5, 5.41) is 8.04. The standard InChI is InChI=1S/C28H28N4O2/c1-34-26-15-9-8-14-24(26)27-25(20-32(30-27)23-12-6-3-7-13-23)28(33)29-22-16-17-31(19-22)18-21-10-4-2-5-11-21/h2-15,20,22H,16-19H2,1H3,(H,29,33)/t22-/m1/s1. The van der Waals surface area contributed by atoms with Gasteiger partial charge in [-0.1, -0.05) is 60.7 Å². The molecule has 4 aromatic rings. The lowest BCUT2D eigenvalue weighted by atomic mass is 10.1. The molecule has 1 amide bonds. The van der Waals surface area contributed by atoms with Crippen LogP contribution >= 0.6 is 0 Å². The van der Waals surface area contributed by atoms with Gasteiger partial charge in [-0.2, -0.15) is 5.10 Å². The Balaban J connectivity index is 1.39. The lowest BCUT2D eigenvalue weighted by Crippen LogP contribution is -2.37. The smallest absolute Gasteiger partial charge is 0.255 e. The van der Waals surface area contributed by atoms with Crippen molar-refractivity contribution in [2.45, 2.75) is 19.0 Å². The summed E-state index contributed by atoms with van der Waals surface area (Å²) in [5.74, 6) is 0.569. The topological polar surface area (TPSA) is 59.4 Å². The third-order valence-electron chi connectivity index (χ3n) is 6.20. The molecule has 0 spiro atoms. The van der Waals surface area contributed by atoms with Crippen molar-refractivity contribution in [2.75, 3.05) is 20.2 Å². The van der Waals surface area contributed by atoms with Crippen LogP contribution in [0.1, 0.15) is 22.3 Å². The third-order valence-corrected chi connectivity index (χ3v) is 6.20. The van der Waals surface area contributed by atoms with E-state index in [9.17, 15) is 4.79 Å². The Hall–Kier alpha value is -3.90. The highest BCUT2D eigenvalue weighted by Gasteiger charge is 2.27. The molecule has 1 aliphatic heterocycles. The fraction of sp³-hybridized carbons (Fsp3) is 0.214. The molecule has 2 heterocycles. The van der Waals surface area contributed by atoms with Crippen molar-refractivity contribution >= 4 is 5.91 Å². The van der Waals surface area contributed by atoms with Gasteiger partial charge in [0, 0.05) is 37.4 Å². The van der Waals surface area contributed by atoms with Gasteiger partial charge in [-0.15, -0.1) is 0 Å². The Morgan fingerprint density at radius 3 is 2.47 bits per heavy atom. The highest BCUT2D eigenvalue weighted by atomic mass is 16.5. The van der Waals surface area contributed by atoms with Crippen LogP contribution in [-0.4, -0.2) is 46.8 Å². The minimum absolute atomic E-state index is 0.0989. The molecule has 1 fully saturated rings. The van der Waals surface area contributed by atoms with Crippen LogP contribution in [0, 0.1) is 0 Å². The van der Waals surface area contributed by atoms with Gasteiger partial charge in [0.05, 0.1) is 18.4 Å². The summed E-state index contributed by atoms with van der Waals surface area (Å²) < 4.78 is 7.32. The number of nitrogens with zero attached hydrogens (tertiary/aromatic N) is 3. The molecule has 0 bridgehead atoms. The predicted molar refractivity (Wildman–Crippen MR) is 133 cm³/mol. The largest absolute Gasteiger partial charge is 0.496 e. The number of hydrogen-bond acceptors (Lipinski definition) is 4. The Bertz CT molecular complexity index is 1250. The molecule has 1 aromatic heterocycles. The average molecular weight is 453 g/mol. The Kier molecular flexibility index (Phi) is 6.40. The number of ether oxygens (including phenoxy) is 1. The van der Waals surface area contributed by atoms with E-state index in [4.69, 9.17) is 9.84 Å². The van der Waals surface area contributed by atoms with Gasteiger partial charge in [-0.05, 0) is 36.2 Å². The molecule has 6 heteroatoms. The number of hydrogen-bond donors (Lipinski definition) is 1. The van der Waals surface area contributed by atoms with Crippen LogP contribution < -0.4 is 10.1 Å². The maximum Gasteiger partial charge on any atom is 0.255 e. The second kappa shape index (κ2) is 9.93. The maximum absolute atomic E-state index is 13.5. The molecule has 0 radical (unpaired) electrons. The summed E-state index contributed by atoms with van der Waals surface area (Å²) in [7, 11) is 1.63. The first-order chi connectivity index (χ1) is 16.7. The van der Waals surface area contributed by atoms with Crippen molar-refractivity contribution in [3.63, 3.8) is 0 Å². The van der Waals surface area contributed by atoms with Crippen LogP contribution in [0.5, 0.6) is 5.75 Å². The quantitative estimate of drug-likeness (QED) is 0.447. The zero-order chi connectivity index (χ0) is 23.3. The summed E-state index contributed by atoms with van der Waals surface area (Å²) in [5.41, 5.74) is 4.12. The van der Waals surface area contributed by atoms with Crippen molar-refractivity contribution in [1.82, 2.24) is 20.0 Å². The zero-order valence-electron chi connectivity index (χ0n) is 19.2. The molecular formula is C28H28N4O2. The summed E-state index contributed by atoms with van der Waals surface area (Å²) in [4.78, 5) is 15.9. The molecule has 0 aliphatic carbocycles. The second-order valence-corrected chi connectivity index (χ2v) is 8.55. The van der Waals surface area contributed by atoms with Gasteiger partial charge >= 0.3 is 0 Å². The number of para-hydroxylation sites is 2. The van der Waals surface area contributed by atoms with Gasteiger partial charge in [0.25, 0.3) is 5.91 Å². The summed E-state index contributed by atoms with van der Waals surface area (Å²) in [6.07, 6.45) is 2.73. The number of likely N-dealkylation sites (tertiary alicyclic amines) is 1. The maximum atomic E-state index is 13.5. The first kappa shape index (κ1) is 21.9. The molecular weight excluding hydrogens is 424 g/mol. The van der Waals surface area contributed by atoms with E-state index in [1.165, 1.54) is 5.56 Å². The van der Waals surface area contributed by atoms with Crippen molar-refractivity contribution in [3.8, 4) is 22.7 Å². The minimum atomic E-state index is -0.116. The van der Waals surface area contributed by atoms with E-state index in [0.717, 1.165) is 37.3 Å². The monoisotopic (exact) mass is 452 g/mol. The minimum Gasteiger partial charge on any atom is -0.496 e. The number of nitrogens with one attached hydrogen (secondary N) is 1. The summed E-state index contributed by atoms with van der Waals surface area (Å²) >= 11 is 0. The van der Waals surface area contributed by atoms with E-state index in [2.05, 4.69) is 34.5 Å². The zero-order valence-corrected chi connectivity index (χ0v) is 19.2. The van der Waals surface area contributed by atoms with Crippen LogP contribution in [0.2, 0.25) is 0 Å². The fourth-order valence-electron chi connectivity index (χ4n) is 4.49. The SMILES string of the molecule is COc1ccccc1-c1nn(-c2ccccc2)cc1C(=O)N[C@@H]1CCN(Cc2ccccc2)C1. The van der Waals surface area contributed by atoms with Gasteiger partial charge in [-0.3, -0.25) is 9.69 Å². The fourth-order valence-corrected chi connectivity index (χ4v) is 4.49. The molecule has 6 nitrogen and oxygen atoms in total. The Morgan fingerprint density at radius 1 is 1.00 bits per heavy atom. The third kappa shape index (κ3) is 4.72. The number of carbonyl (C=O) groups is 1. The second-order valence-electron chi connectivity index (χ2n) is 8.55. The summed E-state index contributed by atoms with van der Waals surface area (Å²) in [6.45, 7) is 2.69. The first-order valence-corrected chi connectivity index (χ1v) is 11.6. The van der Waals surface area contributed by atoms with Crippen LogP contribution in [0.4, 0.5) is 0 Å². The van der Waals surface area contributed by atoms with Crippen LogP contribution in [0.15, 0.2) is 91.1 Å². The van der Waals surface area contributed by atoms with Gasteiger partial charge in [-0.25, -0.2) is 4.68 Å². The van der Waals surface area contributed by atoms with Crippen molar-refractivity contribution < 1.29 is 9.53 Å². The van der Waals surface area contributed by atoms with Crippen LogP contribution in [0.25, 0.3) is 16.9 Å². The first-order valence-electron chi connectivity index (χ1n) is 11.6. The highest BCUT2D eigenvalue weighted by molar-refractivity contribution is 6.00. The molecule has 1 atom stereocenters. The predicted octanol–water partition coefficient (Wildman–Crippen LogP) is 4.55. The number of aromatic nitrogens is 2. The van der Waals surface area contributed by atoms with Gasteiger partial charge in [0.2, 0.25) is 0 Å². The number of methoxy groups -OCH3 is 1. The van der Waals surface area contributed by atoms with E-state index in [1.54, 1.807) is 11.8 Å². The van der Waals surface area contributed by atoms with E-state index in [0.29, 0.717) is 17.0 Å². The average Bonchev–Trinajstić information content (AvgIpc) is 3.52. The van der Waals surface area contributed by atoms with Gasteiger partial charge < -0.3 is 10.1 Å². The lowest BCUT2D eigenvalue weighted by molar-refractivity contribution is 0.0938. The number of rotatable bonds is 7. The van der Waals surface area contributed by atoms with Gasteiger partial charge in [0.1, 0.15) is 11.4 Å². The van der Waals surface area contributed by atoms with E-state index in [1.807, 2.05) is 66.9 Å². The van der Waals surface area contributed by atoms with Crippen molar-refractivity contribution in [1.29, 1.82) is 0 Å². The van der Waals surface area contributed by atoms with Gasteiger partial charge in [0.15, 0.2) is 0 Å². The molecule has 1 N–H and O–H groups in total. The Morgan fingerprint density at radius 2 is 1.71 bits per heavy atom. The van der Waals surface area contributed by atoms with E-state index >= 15 is 0 Å². The molecule has 172 valence electrons. The molecule has 34 heavy (non-hydrogen) atoms. The van der Waals surface area contributed by atoms with Crippen LogP contribution in [0.3, 0.4) is 0 Å². The molecule has 1 aliphatic rings. The molecule has 1 saturated heterocycles.